The molecule has 7 heteroatoms. The second-order valence-corrected chi connectivity index (χ2v) is 3.80. The van der Waals surface area contributed by atoms with Crippen LogP contribution in [-0.2, 0) is 11.0 Å². The minimum absolute atomic E-state index is 0.168. The molecule has 2 rings (SSSR count). The van der Waals surface area contributed by atoms with Gasteiger partial charge in [0.05, 0.1) is 0 Å². The van der Waals surface area contributed by atoms with Crippen LogP contribution < -0.4 is 4.90 Å². The number of rotatable bonds is 1. The fourth-order valence-corrected chi connectivity index (χ4v) is 1.63. The normalized spacial score (nSPS) is 17.4. The molecule has 0 saturated carbocycles. The first-order valence-corrected chi connectivity index (χ1v) is 5.14. The molecule has 1 fully saturated rings. The summed E-state index contributed by atoms with van der Waals surface area (Å²) >= 11 is 0. The van der Waals surface area contributed by atoms with Crippen molar-refractivity contribution in [3.8, 4) is 0 Å². The van der Waals surface area contributed by atoms with Crippen molar-refractivity contribution >= 4 is 11.6 Å². The smallest absolute Gasteiger partial charge is 0.354 e. The van der Waals surface area contributed by atoms with E-state index in [0.717, 1.165) is 6.07 Å². The van der Waals surface area contributed by atoms with Gasteiger partial charge in [0.2, 0.25) is 0 Å². The van der Waals surface area contributed by atoms with Crippen LogP contribution >= 0.6 is 0 Å². The van der Waals surface area contributed by atoms with Gasteiger partial charge in [0.25, 0.3) is 0 Å². The zero-order chi connectivity index (χ0) is 12.5. The van der Waals surface area contributed by atoms with E-state index in [4.69, 9.17) is 0 Å². The van der Waals surface area contributed by atoms with Gasteiger partial charge in [-0.1, -0.05) is 0 Å². The third kappa shape index (κ3) is 2.72. The number of hydrogen-bond donors (Lipinski definition) is 0. The number of nitrogens with zero attached hydrogens (tertiary/aromatic N) is 3. The van der Waals surface area contributed by atoms with Crippen LogP contribution in [0.15, 0.2) is 12.1 Å². The van der Waals surface area contributed by atoms with E-state index in [9.17, 15) is 18.0 Å². The van der Waals surface area contributed by atoms with Gasteiger partial charge < -0.3 is 4.90 Å². The van der Waals surface area contributed by atoms with Crippen LogP contribution in [0.3, 0.4) is 0 Å². The van der Waals surface area contributed by atoms with Crippen molar-refractivity contribution in [3.63, 3.8) is 0 Å². The number of carbonyl (C=O) groups excluding carboxylic acids is 1. The number of Topliss-reactive ketones (excluding diaryl/α,β-unsaturated/α-hetero) is 1. The molecule has 1 aromatic heterocycles. The Morgan fingerprint density at radius 3 is 2.24 bits per heavy atom. The Hall–Kier alpha value is -1.66. The van der Waals surface area contributed by atoms with E-state index in [0.29, 0.717) is 31.7 Å². The second kappa shape index (κ2) is 4.31. The number of aromatic nitrogens is 2. The van der Waals surface area contributed by atoms with Crippen LogP contribution in [-0.4, -0.2) is 29.1 Å². The molecular formula is C10H10F3N3O. The van der Waals surface area contributed by atoms with Gasteiger partial charge >= 0.3 is 6.18 Å². The maximum absolute atomic E-state index is 12.3. The standard InChI is InChI=1S/C10H10F3N3O/c11-10(12,13)8-1-2-9(15-14-8)16-5-3-7(17)4-6-16/h1-2H,3-6H2. The van der Waals surface area contributed by atoms with E-state index in [1.165, 1.54) is 6.07 Å². The number of anilines is 1. The van der Waals surface area contributed by atoms with Crippen molar-refractivity contribution in [2.45, 2.75) is 19.0 Å². The quantitative estimate of drug-likeness (QED) is 0.755. The number of hydrogen-bond acceptors (Lipinski definition) is 4. The van der Waals surface area contributed by atoms with E-state index in [1.807, 2.05) is 0 Å². The molecule has 2 heterocycles. The number of alkyl halides is 3. The van der Waals surface area contributed by atoms with Gasteiger partial charge in [0.15, 0.2) is 11.5 Å². The molecule has 0 N–H and O–H groups in total. The Bertz CT molecular complexity index is 406. The Balaban J connectivity index is 2.10. The van der Waals surface area contributed by atoms with Gasteiger partial charge in [-0.2, -0.15) is 13.2 Å². The molecule has 0 unspecified atom stereocenters. The van der Waals surface area contributed by atoms with E-state index in [1.54, 1.807) is 4.90 Å². The predicted octanol–water partition coefficient (Wildman–Crippen LogP) is 1.66. The van der Waals surface area contributed by atoms with Crippen LogP contribution in [0.25, 0.3) is 0 Å². The molecule has 4 nitrogen and oxygen atoms in total. The Morgan fingerprint density at radius 1 is 1.12 bits per heavy atom. The fourth-order valence-electron chi connectivity index (χ4n) is 1.63. The number of halogens is 3. The lowest BCUT2D eigenvalue weighted by Crippen LogP contribution is -2.34. The highest BCUT2D eigenvalue weighted by Gasteiger charge is 2.33. The SMILES string of the molecule is O=C1CCN(c2ccc(C(F)(F)F)nn2)CC1. The van der Waals surface area contributed by atoms with E-state index < -0.39 is 11.9 Å². The summed E-state index contributed by atoms with van der Waals surface area (Å²) in [4.78, 5) is 12.8. The number of ketones is 1. The summed E-state index contributed by atoms with van der Waals surface area (Å²) in [5, 5.41) is 6.68. The van der Waals surface area contributed by atoms with Crippen molar-refractivity contribution < 1.29 is 18.0 Å². The topological polar surface area (TPSA) is 46.1 Å². The van der Waals surface area contributed by atoms with Crippen molar-refractivity contribution in [2.75, 3.05) is 18.0 Å². The summed E-state index contributed by atoms with van der Waals surface area (Å²) in [5.74, 6) is 0.548. The average Bonchev–Trinajstić information content (AvgIpc) is 2.29. The van der Waals surface area contributed by atoms with Crippen molar-refractivity contribution in [3.05, 3.63) is 17.8 Å². The highest BCUT2D eigenvalue weighted by Crippen LogP contribution is 2.27. The zero-order valence-corrected chi connectivity index (χ0v) is 8.87. The summed E-state index contributed by atoms with van der Waals surface area (Å²) in [6.45, 7) is 0.970. The molecule has 1 aliphatic rings. The molecule has 0 aliphatic carbocycles. The Labute approximate surface area is 95.4 Å². The molecule has 1 saturated heterocycles. The molecule has 0 radical (unpaired) electrons. The molecule has 0 atom stereocenters. The highest BCUT2D eigenvalue weighted by molar-refractivity contribution is 5.80. The average molecular weight is 245 g/mol. The third-order valence-electron chi connectivity index (χ3n) is 2.59. The van der Waals surface area contributed by atoms with Crippen molar-refractivity contribution in [1.82, 2.24) is 10.2 Å². The van der Waals surface area contributed by atoms with Gasteiger partial charge in [-0.3, -0.25) is 4.79 Å². The summed E-state index contributed by atoms with van der Waals surface area (Å²) in [6.07, 6.45) is -3.66. The maximum Gasteiger partial charge on any atom is 0.435 e. The largest absolute Gasteiger partial charge is 0.435 e. The monoisotopic (exact) mass is 245 g/mol. The van der Waals surface area contributed by atoms with E-state index >= 15 is 0 Å². The third-order valence-corrected chi connectivity index (χ3v) is 2.59. The summed E-state index contributed by atoms with van der Waals surface area (Å²) in [7, 11) is 0. The van der Waals surface area contributed by atoms with Gasteiger partial charge in [0, 0.05) is 25.9 Å². The summed E-state index contributed by atoms with van der Waals surface area (Å²) in [6, 6.07) is 2.18. The molecule has 0 amide bonds. The lowest BCUT2D eigenvalue weighted by atomic mass is 10.1. The van der Waals surface area contributed by atoms with Crippen LogP contribution in [0, 0.1) is 0 Å². The molecule has 92 valence electrons. The molecule has 1 aliphatic heterocycles. The van der Waals surface area contributed by atoms with Crippen molar-refractivity contribution in [2.24, 2.45) is 0 Å². The zero-order valence-electron chi connectivity index (χ0n) is 8.87. The first-order valence-electron chi connectivity index (χ1n) is 5.14. The van der Waals surface area contributed by atoms with Gasteiger partial charge in [0.1, 0.15) is 5.78 Å². The van der Waals surface area contributed by atoms with Crippen molar-refractivity contribution in [1.29, 1.82) is 0 Å². The lowest BCUT2D eigenvalue weighted by Gasteiger charge is -2.26. The van der Waals surface area contributed by atoms with E-state index in [2.05, 4.69) is 10.2 Å². The van der Waals surface area contributed by atoms with Gasteiger partial charge in [-0.05, 0) is 12.1 Å². The summed E-state index contributed by atoms with van der Waals surface area (Å²) < 4.78 is 36.8. The lowest BCUT2D eigenvalue weighted by molar-refractivity contribution is -0.141. The number of carbonyl (C=O) groups is 1. The Morgan fingerprint density at radius 2 is 1.76 bits per heavy atom. The molecule has 17 heavy (non-hydrogen) atoms. The molecular weight excluding hydrogens is 235 g/mol. The van der Waals surface area contributed by atoms with E-state index in [-0.39, 0.29) is 5.78 Å². The first-order chi connectivity index (χ1) is 7.97. The second-order valence-electron chi connectivity index (χ2n) is 3.80. The highest BCUT2D eigenvalue weighted by atomic mass is 19.4. The fraction of sp³-hybridized carbons (Fsp3) is 0.500. The molecule has 0 spiro atoms. The number of piperidine rings is 1. The van der Waals surface area contributed by atoms with Crippen LogP contribution in [0.1, 0.15) is 18.5 Å². The van der Waals surface area contributed by atoms with Crippen LogP contribution in [0.4, 0.5) is 19.0 Å². The predicted molar refractivity (Wildman–Crippen MR) is 53.5 cm³/mol. The van der Waals surface area contributed by atoms with Crippen LogP contribution in [0.5, 0.6) is 0 Å². The van der Waals surface area contributed by atoms with Gasteiger partial charge in [-0.15, -0.1) is 10.2 Å². The van der Waals surface area contributed by atoms with Crippen LogP contribution in [0.2, 0.25) is 0 Å². The first kappa shape index (κ1) is 11.8. The minimum atomic E-state index is -4.47. The summed E-state index contributed by atoms with van der Waals surface area (Å²) in [5.41, 5.74) is -1.01. The minimum Gasteiger partial charge on any atom is -0.354 e. The molecule has 0 aromatic carbocycles. The molecule has 1 aromatic rings. The van der Waals surface area contributed by atoms with Gasteiger partial charge in [-0.25, -0.2) is 0 Å². The Kier molecular flexibility index (Phi) is 2.99. The molecule has 0 bridgehead atoms. The maximum atomic E-state index is 12.3.